The summed E-state index contributed by atoms with van der Waals surface area (Å²) in [6.45, 7) is 4.29. The lowest BCUT2D eigenvalue weighted by Crippen LogP contribution is -2.21. The summed E-state index contributed by atoms with van der Waals surface area (Å²) in [5.74, 6) is -0.645. The quantitative estimate of drug-likeness (QED) is 0.843. The van der Waals surface area contributed by atoms with Gasteiger partial charge in [0.1, 0.15) is 11.8 Å². The highest BCUT2D eigenvalue weighted by atomic mass is 19.4. The monoisotopic (exact) mass is 364 g/mol. The smallest absolute Gasteiger partial charge is 0.451 e. The third-order valence-corrected chi connectivity index (χ3v) is 3.60. The van der Waals surface area contributed by atoms with Crippen LogP contribution < -0.4 is 10.5 Å². The van der Waals surface area contributed by atoms with Gasteiger partial charge >= 0.3 is 6.18 Å². The molecule has 0 fully saturated rings. The fourth-order valence-corrected chi connectivity index (χ4v) is 2.49. The Kier molecular flexibility index (Phi) is 6.16. The summed E-state index contributed by atoms with van der Waals surface area (Å²) in [5, 5.41) is 9.32. The summed E-state index contributed by atoms with van der Waals surface area (Å²) in [7, 11) is 0. The van der Waals surface area contributed by atoms with Crippen LogP contribution in [0.5, 0.6) is 5.75 Å². The molecule has 0 aliphatic heterocycles. The lowest BCUT2D eigenvalue weighted by molar-refractivity contribution is -0.144. The number of hydrogen-bond donors (Lipinski definition) is 1. The minimum absolute atomic E-state index is 0.0482. The van der Waals surface area contributed by atoms with Crippen LogP contribution in [0.2, 0.25) is 0 Å². The minimum atomic E-state index is -4.63. The number of nitrogens with zero attached hydrogens (tertiary/aromatic N) is 3. The molecule has 1 heterocycles. The topological polar surface area (TPSA) is 84.8 Å². The van der Waals surface area contributed by atoms with Crippen LogP contribution in [-0.4, -0.2) is 22.6 Å². The van der Waals surface area contributed by atoms with E-state index in [1.807, 2.05) is 19.9 Å². The predicted molar refractivity (Wildman–Crippen MR) is 90.1 cm³/mol. The number of halogens is 3. The molecule has 1 aromatic heterocycles. The highest BCUT2D eigenvalue weighted by Crippen LogP contribution is 2.29. The van der Waals surface area contributed by atoms with E-state index >= 15 is 0 Å². The second-order valence-corrected chi connectivity index (χ2v) is 6.22. The average molecular weight is 364 g/mol. The van der Waals surface area contributed by atoms with Gasteiger partial charge in [0.15, 0.2) is 0 Å². The lowest BCUT2D eigenvalue weighted by atomic mass is 10.0. The largest absolute Gasteiger partial charge is 0.492 e. The van der Waals surface area contributed by atoms with Crippen molar-refractivity contribution in [2.45, 2.75) is 32.5 Å². The number of nitrogens with two attached hydrogens (primary N) is 1. The molecule has 0 spiro atoms. The molecule has 2 unspecified atom stereocenters. The zero-order valence-corrected chi connectivity index (χ0v) is 14.4. The van der Waals surface area contributed by atoms with Gasteiger partial charge in [-0.05, 0) is 43.5 Å². The van der Waals surface area contributed by atoms with E-state index in [0.717, 1.165) is 12.6 Å². The number of nitriles is 1. The van der Waals surface area contributed by atoms with Gasteiger partial charge in [-0.2, -0.15) is 18.4 Å². The van der Waals surface area contributed by atoms with Gasteiger partial charge in [0.2, 0.25) is 5.82 Å². The molecule has 8 heteroatoms. The first-order valence-corrected chi connectivity index (χ1v) is 8.04. The predicted octanol–water partition coefficient (Wildman–Crippen LogP) is 3.79. The molecule has 2 atom stereocenters. The molecule has 0 amide bonds. The van der Waals surface area contributed by atoms with E-state index in [-0.39, 0.29) is 23.2 Å². The SMILES string of the molecule is CC(N)CC(C)COc1ccc(-c2ccnc(C(F)(F)F)n2)cc1C#N. The van der Waals surface area contributed by atoms with E-state index in [4.69, 9.17) is 10.5 Å². The number of alkyl halides is 3. The van der Waals surface area contributed by atoms with Gasteiger partial charge < -0.3 is 10.5 Å². The van der Waals surface area contributed by atoms with Crippen LogP contribution in [0.25, 0.3) is 11.3 Å². The molecule has 26 heavy (non-hydrogen) atoms. The van der Waals surface area contributed by atoms with Crippen LogP contribution in [0.3, 0.4) is 0 Å². The number of rotatable bonds is 6. The average Bonchev–Trinajstić information content (AvgIpc) is 2.58. The number of benzene rings is 1. The Morgan fingerprint density at radius 3 is 2.62 bits per heavy atom. The molecule has 2 aromatic rings. The van der Waals surface area contributed by atoms with Crippen LogP contribution >= 0.6 is 0 Å². The fourth-order valence-electron chi connectivity index (χ4n) is 2.49. The maximum atomic E-state index is 12.8. The van der Waals surface area contributed by atoms with Crippen molar-refractivity contribution in [2.24, 2.45) is 11.7 Å². The summed E-state index contributed by atoms with van der Waals surface area (Å²) in [5.41, 5.74) is 6.43. The van der Waals surface area contributed by atoms with Gasteiger partial charge in [0.05, 0.1) is 17.9 Å². The lowest BCUT2D eigenvalue weighted by Gasteiger charge is -2.16. The van der Waals surface area contributed by atoms with Gasteiger partial charge in [-0.3, -0.25) is 0 Å². The van der Waals surface area contributed by atoms with Gasteiger partial charge in [0.25, 0.3) is 0 Å². The summed E-state index contributed by atoms with van der Waals surface area (Å²) >= 11 is 0. The number of hydrogen-bond acceptors (Lipinski definition) is 5. The van der Waals surface area contributed by atoms with Crippen LogP contribution in [0.4, 0.5) is 13.2 Å². The van der Waals surface area contributed by atoms with Gasteiger partial charge in [-0.1, -0.05) is 6.92 Å². The molecule has 0 aliphatic rings. The normalized spacial score (nSPS) is 13.7. The standard InChI is InChI=1S/C18H19F3N4O/c1-11(7-12(2)23)10-26-16-4-3-13(8-14(16)9-22)15-5-6-24-17(25-15)18(19,20)21/h3-6,8,11-12H,7,10,23H2,1-2H3. The summed E-state index contributed by atoms with van der Waals surface area (Å²) in [6.07, 6.45) is -2.81. The molecule has 0 saturated heterocycles. The molecule has 0 bridgehead atoms. The first-order chi connectivity index (χ1) is 12.2. The Morgan fingerprint density at radius 2 is 2.00 bits per heavy atom. The molecule has 5 nitrogen and oxygen atoms in total. The first kappa shape index (κ1) is 19.7. The van der Waals surface area contributed by atoms with Crippen LogP contribution in [-0.2, 0) is 6.18 Å². The minimum Gasteiger partial charge on any atom is -0.492 e. The Balaban J connectivity index is 2.22. The Hall–Kier alpha value is -2.66. The number of aromatic nitrogens is 2. The zero-order valence-electron chi connectivity index (χ0n) is 14.4. The van der Waals surface area contributed by atoms with E-state index in [2.05, 4.69) is 9.97 Å². The summed E-state index contributed by atoms with van der Waals surface area (Å²) in [6, 6.07) is 7.98. The molecule has 0 saturated carbocycles. The van der Waals surface area contributed by atoms with Crippen molar-refractivity contribution >= 4 is 0 Å². The van der Waals surface area contributed by atoms with E-state index < -0.39 is 12.0 Å². The Morgan fingerprint density at radius 1 is 1.27 bits per heavy atom. The van der Waals surface area contributed by atoms with E-state index in [1.54, 1.807) is 12.1 Å². The van der Waals surface area contributed by atoms with Crippen molar-refractivity contribution in [1.82, 2.24) is 9.97 Å². The van der Waals surface area contributed by atoms with E-state index in [9.17, 15) is 18.4 Å². The van der Waals surface area contributed by atoms with Gasteiger partial charge in [0, 0.05) is 17.8 Å². The van der Waals surface area contributed by atoms with Crippen molar-refractivity contribution in [3.8, 4) is 23.1 Å². The molecule has 2 rings (SSSR count). The van der Waals surface area contributed by atoms with Crippen molar-refractivity contribution in [3.63, 3.8) is 0 Å². The molecule has 2 N–H and O–H groups in total. The Bertz CT molecular complexity index is 800. The van der Waals surface area contributed by atoms with Crippen molar-refractivity contribution < 1.29 is 17.9 Å². The third kappa shape index (κ3) is 5.17. The van der Waals surface area contributed by atoms with Gasteiger partial charge in [-0.15, -0.1) is 0 Å². The number of ether oxygens (including phenoxy) is 1. The summed E-state index contributed by atoms with van der Waals surface area (Å²) in [4.78, 5) is 6.76. The molecular formula is C18H19F3N4O. The second-order valence-electron chi connectivity index (χ2n) is 6.22. The maximum absolute atomic E-state index is 12.8. The first-order valence-electron chi connectivity index (χ1n) is 8.04. The Labute approximate surface area is 149 Å². The summed E-state index contributed by atoms with van der Waals surface area (Å²) < 4.78 is 43.9. The van der Waals surface area contributed by atoms with Crippen molar-refractivity contribution in [3.05, 3.63) is 41.9 Å². The third-order valence-electron chi connectivity index (χ3n) is 3.60. The van der Waals surface area contributed by atoms with Crippen LogP contribution in [0, 0.1) is 17.2 Å². The van der Waals surface area contributed by atoms with Crippen molar-refractivity contribution in [1.29, 1.82) is 5.26 Å². The molecule has 0 radical (unpaired) electrons. The zero-order chi connectivity index (χ0) is 19.3. The molecular weight excluding hydrogens is 345 g/mol. The maximum Gasteiger partial charge on any atom is 0.451 e. The van der Waals surface area contributed by atoms with Crippen molar-refractivity contribution in [2.75, 3.05) is 6.61 Å². The second kappa shape index (κ2) is 8.15. The van der Waals surface area contributed by atoms with Crippen LogP contribution in [0.15, 0.2) is 30.5 Å². The van der Waals surface area contributed by atoms with E-state index in [1.165, 1.54) is 12.1 Å². The highest BCUT2D eigenvalue weighted by molar-refractivity contribution is 5.64. The molecule has 1 aromatic carbocycles. The molecule has 138 valence electrons. The molecule has 0 aliphatic carbocycles. The fraction of sp³-hybridized carbons (Fsp3) is 0.389. The van der Waals surface area contributed by atoms with Gasteiger partial charge in [-0.25, -0.2) is 9.97 Å². The van der Waals surface area contributed by atoms with Crippen LogP contribution in [0.1, 0.15) is 31.7 Å². The van der Waals surface area contributed by atoms with E-state index in [0.29, 0.717) is 17.9 Å². The highest BCUT2D eigenvalue weighted by Gasteiger charge is 2.34.